The molecular formula is C22H21F4N5O2. The van der Waals surface area contributed by atoms with E-state index in [-0.39, 0.29) is 23.6 Å². The van der Waals surface area contributed by atoms with Gasteiger partial charge in [-0.2, -0.15) is 9.37 Å². The highest BCUT2D eigenvalue weighted by molar-refractivity contribution is 5.69. The van der Waals surface area contributed by atoms with Crippen LogP contribution >= 0.6 is 0 Å². The normalized spacial score (nSPS) is 18.8. The van der Waals surface area contributed by atoms with E-state index in [1.54, 1.807) is 12.3 Å². The number of anilines is 3. The summed E-state index contributed by atoms with van der Waals surface area (Å²) in [5.41, 5.74) is 1.11. The number of pyridine rings is 1. The Hall–Kier alpha value is -3.47. The molecule has 1 fully saturated rings. The van der Waals surface area contributed by atoms with Gasteiger partial charge in [-0.1, -0.05) is 12.1 Å². The van der Waals surface area contributed by atoms with Crippen LogP contribution in [0.3, 0.4) is 0 Å². The number of nitrogens with one attached hydrogen (secondary N) is 1. The van der Waals surface area contributed by atoms with Crippen molar-refractivity contribution in [3.8, 4) is 16.9 Å². The van der Waals surface area contributed by atoms with Crippen molar-refractivity contribution < 1.29 is 27.0 Å². The van der Waals surface area contributed by atoms with Crippen LogP contribution in [-0.2, 0) is 4.74 Å². The molecule has 2 aromatic heterocycles. The minimum Gasteiger partial charge on any atom is -0.406 e. The van der Waals surface area contributed by atoms with Crippen LogP contribution < -0.4 is 15.0 Å². The second kappa shape index (κ2) is 9.18. The molecule has 1 aliphatic heterocycles. The summed E-state index contributed by atoms with van der Waals surface area (Å²) in [6.45, 7) is 5.21. The van der Waals surface area contributed by atoms with Crippen molar-refractivity contribution in [1.29, 1.82) is 0 Å². The lowest BCUT2D eigenvalue weighted by molar-refractivity contribution is -0.274. The fourth-order valence-electron chi connectivity index (χ4n) is 3.59. The van der Waals surface area contributed by atoms with Gasteiger partial charge in [0.1, 0.15) is 11.6 Å². The number of aromatic nitrogens is 3. The Kier molecular flexibility index (Phi) is 6.32. The molecule has 2 atom stereocenters. The van der Waals surface area contributed by atoms with Crippen LogP contribution in [0.25, 0.3) is 11.1 Å². The number of alkyl halides is 3. The van der Waals surface area contributed by atoms with Gasteiger partial charge in [-0.15, -0.1) is 13.2 Å². The number of ether oxygens (including phenoxy) is 2. The Morgan fingerprint density at radius 3 is 2.39 bits per heavy atom. The van der Waals surface area contributed by atoms with E-state index < -0.39 is 12.3 Å². The van der Waals surface area contributed by atoms with E-state index in [9.17, 15) is 17.6 Å². The Balaban J connectivity index is 1.53. The van der Waals surface area contributed by atoms with E-state index in [4.69, 9.17) is 4.74 Å². The Morgan fingerprint density at radius 2 is 1.73 bits per heavy atom. The van der Waals surface area contributed by atoms with E-state index in [1.165, 1.54) is 36.5 Å². The number of halogens is 4. The lowest BCUT2D eigenvalue weighted by atomic mass is 10.1. The maximum absolute atomic E-state index is 14.4. The van der Waals surface area contributed by atoms with Crippen molar-refractivity contribution in [2.24, 2.45) is 0 Å². The number of hydrogen-bond acceptors (Lipinski definition) is 7. The summed E-state index contributed by atoms with van der Waals surface area (Å²) in [5, 5.41) is 2.91. The first-order chi connectivity index (χ1) is 15.7. The molecule has 0 radical (unpaired) electrons. The average molecular weight is 463 g/mol. The highest BCUT2D eigenvalue weighted by Gasteiger charge is 2.31. The number of rotatable bonds is 5. The summed E-state index contributed by atoms with van der Waals surface area (Å²) in [6, 6.07) is 8.34. The van der Waals surface area contributed by atoms with Crippen LogP contribution in [0, 0.1) is 5.95 Å². The largest absolute Gasteiger partial charge is 0.573 e. The van der Waals surface area contributed by atoms with Crippen molar-refractivity contribution in [2.75, 3.05) is 23.3 Å². The number of hydrogen-bond donors (Lipinski definition) is 1. The number of benzene rings is 1. The molecule has 3 aromatic rings. The molecule has 1 aromatic carbocycles. The summed E-state index contributed by atoms with van der Waals surface area (Å²) in [4.78, 5) is 14.5. The van der Waals surface area contributed by atoms with Crippen molar-refractivity contribution in [3.05, 3.63) is 54.7 Å². The van der Waals surface area contributed by atoms with Gasteiger partial charge in [0.05, 0.1) is 17.9 Å². The van der Waals surface area contributed by atoms with E-state index in [1.807, 2.05) is 18.7 Å². The van der Waals surface area contributed by atoms with Gasteiger partial charge in [-0.3, -0.25) is 0 Å². The van der Waals surface area contributed by atoms with Crippen molar-refractivity contribution in [3.63, 3.8) is 0 Å². The molecule has 1 aliphatic rings. The molecule has 7 nitrogen and oxygen atoms in total. The molecule has 0 amide bonds. The molecule has 11 heteroatoms. The summed E-state index contributed by atoms with van der Waals surface area (Å²) < 4.78 is 61.1. The molecule has 0 saturated carbocycles. The molecule has 174 valence electrons. The zero-order chi connectivity index (χ0) is 23.6. The van der Waals surface area contributed by atoms with Crippen LogP contribution in [-0.4, -0.2) is 46.6 Å². The maximum Gasteiger partial charge on any atom is 0.573 e. The molecule has 4 rings (SSSR count). The molecule has 0 spiro atoms. The van der Waals surface area contributed by atoms with Crippen molar-refractivity contribution in [2.45, 2.75) is 32.4 Å². The molecule has 3 heterocycles. The second-order valence-electron chi connectivity index (χ2n) is 7.66. The maximum atomic E-state index is 14.4. The minimum absolute atomic E-state index is 0.0280. The highest BCUT2D eigenvalue weighted by Crippen LogP contribution is 2.29. The van der Waals surface area contributed by atoms with Crippen LogP contribution in [0.2, 0.25) is 0 Å². The zero-order valence-electron chi connectivity index (χ0n) is 17.8. The van der Waals surface area contributed by atoms with E-state index in [2.05, 4.69) is 25.0 Å². The predicted octanol–water partition coefficient (Wildman–Crippen LogP) is 4.93. The van der Waals surface area contributed by atoms with E-state index >= 15 is 0 Å². The standard InChI is InChI=1S/C22H21F4N5O2/c1-13-11-31(12-14(2)32-13)21-27-8-7-19(30-21)29-18-9-16(10-28-20(18)23)15-3-5-17(6-4-15)33-22(24,25)26/h3-10,13-14H,11-12H2,1-2H3,(H,27,29,30)/t13-,14+. The third-order valence-electron chi connectivity index (χ3n) is 4.87. The van der Waals surface area contributed by atoms with Crippen LogP contribution in [0.15, 0.2) is 48.8 Å². The van der Waals surface area contributed by atoms with E-state index in [0.29, 0.717) is 36.0 Å². The summed E-state index contributed by atoms with van der Waals surface area (Å²) in [5.74, 6) is -0.227. The number of morpholine rings is 1. The molecule has 33 heavy (non-hydrogen) atoms. The van der Waals surface area contributed by atoms with Gasteiger partial charge < -0.3 is 19.7 Å². The summed E-state index contributed by atoms with van der Waals surface area (Å²) >= 11 is 0. The molecule has 0 bridgehead atoms. The molecule has 0 aliphatic carbocycles. The fourth-order valence-corrected chi connectivity index (χ4v) is 3.59. The highest BCUT2D eigenvalue weighted by atomic mass is 19.4. The summed E-state index contributed by atoms with van der Waals surface area (Å²) in [6.07, 6.45) is -1.85. The van der Waals surface area contributed by atoms with Gasteiger partial charge in [0, 0.05) is 31.0 Å². The molecule has 0 unspecified atom stereocenters. The Morgan fingerprint density at radius 1 is 1.03 bits per heavy atom. The predicted molar refractivity (Wildman–Crippen MR) is 114 cm³/mol. The lowest BCUT2D eigenvalue weighted by Gasteiger charge is -2.35. The smallest absolute Gasteiger partial charge is 0.406 e. The third-order valence-corrected chi connectivity index (χ3v) is 4.87. The minimum atomic E-state index is -4.77. The monoisotopic (exact) mass is 463 g/mol. The number of nitrogens with zero attached hydrogens (tertiary/aromatic N) is 4. The quantitative estimate of drug-likeness (QED) is 0.425. The SMILES string of the molecule is C[C@@H]1CN(c2nccc(Nc3cc(-c4ccc(OC(F)(F)F)cc4)cnc3F)n2)C[C@H](C)O1. The topological polar surface area (TPSA) is 72.4 Å². The third kappa shape index (κ3) is 5.86. The zero-order valence-corrected chi connectivity index (χ0v) is 17.8. The van der Waals surface area contributed by atoms with Gasteiger partial charge >= 0.3 is 6.36 Å². The first-order valence-corrected chi connectivity index (χ1v) is 10.2. The first kappa shape index (κ1) is 22.7. The molecule has 1 N–H and O–H groups in total. The van der Waals surface area contributed by atoms with Gasteiger partial charge in [0.25, 0.3) is 0 Å². The Bertz CT molecular complexity index is 1100. The van der Waals surface area contributed by atoms with Crippen LogP contribution in [0.5, 0.6) is 5.75 Å². The molecular weight excluding hydrogens is 442 g/mol. The van der Waals surface area contributed by atoms with Crippen LogP contribution in [0.1, 0.15) is 13.8 Å². The second-order valence-corrected chi connectivity index (χ2v) is 7.66. The van der Waals surface area contributed by atoms with Crippen molar-refractivity contribution in [1.82, 2.24) is 15.0 Å². The van der Waals surface area contributed by atoms with Gasteiger partial charge in [0.2, 0.25) is 11.9 Å². The first-order valence-electron chi connectivity index (χ1n) is 10.2. The summed E-state index contributed by atoms with van der Waals surface area (Å²) in [7, 11) is 0. The Labute approximate surface area is 187 Å². The van der Waals surface area contributed by atoms with Gasteiger partial charge in [-0.25, -0.2) is 9.97 Å². The van der Waals surface area contributed by atoms with E-state index in [0.717, 1.165) is 0 Å². The van der Waals surface area contributed by atoms with Gasteiger partial charge in [-0.05, 0) is 43.7 Å². The fraction of sp³-hybridized carbons (Fsp3) is 0.318. The lowest BCUT2D eigenvalue weighted by Crippen LogP contribution is -2.46. The molecule has 1 saturated heterocycles. The average Bonchev–Trinajstić information content (AvgIpc) is 2.74. The van der Waals surface area contributed by atoms with Gasteiger partial charge in [0.15, 0.2) is 0 Å². The van der Waals surface area contributed by atoms with Crippen LogP contribution in [0.4, 0.5) is 35.0 Å². The van der Waals surface area contributed by atoms with Crippen molar-refractivity contribution >= 4 is 17.5 Å².